The predicted molar refractivity (Wildman–Crippen MR) is 75.9 cm³/mol. The second-order valence-corrected chi connectivity index (χ2v) is 6.01. The van der Waals surface area contributed by atoms with Gasteiger partial charge in [0.05, 0.1) is 12.7 Å². The van der Waals surface area contributed by atoms with Crippen LogP contribution in [-0.2, 0) is 4.74 Å². The average molecular weight is 254 g/mol. The van der Waals surface area contributed by atoms with Crippen molar-refractivity contribution in [2.75, 3.05) is 19.7 Å². The first-order valence-electron chi connectivity index (χ1n) is 7.93. The van der Waals surface area contributed by atoms with Crippen LogP contribution >= 0.6 is 0 Å². The number of ether oxygens (including phenoxy) is 1. The van der Waals surface area contributed by atoms with Crippen LogP contribution in [0.3, 0.4) is 0 Å². The summed E-state index contributed by atoms with van der Waals surface area (Å²) < 4.78 is 5.93. The molecule has 2 atom stereocenters. The molecule has 2 rings (SSSR count). The van der Waals surface area contributed by atoms with Crippen LogP contribution in [0, 0.1) is 0 Å². The molecule has 2 aliphatic rings. The highest BCUT2D eigenvalue weighted by molar-refractivity contribution is 4.78. The maximum absolute atomic E-state index is 5.93. The predicted octanol–water partition coefficient (Wildman–Crippen LogP) is 2.46. The number of hydrogen-bond acceptors (Lipinski definition) is 3. The van der Waals surface area contributed by atoms with E-state index in [-0.39, 0.29) is 0 Å². The van der Waals surface area contributed by atoms with E-state index in [9.17, 15) is 0 Å². The molecule has 1 aliphatic heterocycles. The third kappa shape index (κ3) is 5.25. The van der Waals surface area contributed by atoms with Crippen LogP contribution in [0.5, 0.6) is 0 Å². The fraction of sp³-hybridized carbons (Fsp3) is 1.00. The Labute approximate surface area is 112 Å². The van der Waals surface area contributed by atoms with Crippen molar-refractivity contribution in [2.24, 2.45) is 0 Å². The Balaban J connectivity index is 1.46. The van der Waals surface area contributed by atoms with Crippen molar-refractivity contribution in [3.8, 4) is 0 Å². The second kappa shape index (κ2) is 8.13. The summed E-state index contributed by atoms with van der Waals surface area (Å²) in [6.07, 6.45) is 11.2. The Morgan fingerprint density at radius 1 is 1.17 bits per heavy atom. The van der Waals surface area contributed by atoms with E-state index in [0.29, 0.717) is 12.1 Å². The first-order valence-corrected chi connectivity index (χ1v) is 7.93. The van der Waals surface area contributed by atoms with E-state index in [1.165, 1.54) is 57.9 Å². The molecule has 106 valence electrons. The lowest BCUT2D eigenvalue weighted by Gasteiger charge is -2.23. The van der Waals surface area contributed by atoms with Crippen molar-refractivity contribution in [3.63, 3.8) is 0 Å². The largest absolute Gasteiger partial charge is 0.377 e. The highest BCUT2D eigenvalue weighted by Gasteiger charge is 2.17. The number of hydrogen-bond donors (Lipinski definition) is 2. The second-order valence-electron chi connectivity index (χ2n) is 6.01. The topological polar surface area (TPSA) is 33.3 Å². The summed E-state index contributed by atoms with van der Waals surface area (Å²) in [5.74, 6) is 0. The Kier molecular flexibility index (Phi) is 6.46. The van der Waals surface area contributed by atoms with Gasteiger partial charge in [-0.1, -0.05) is 19.3 Å². The molecule has 3 heteroatoms. The first kappa shape index (κ1) is 14.3. The molecule has 2 fully saturated rings. The molecule has 2 N–H and O–H groups in total. The standard InChI is InChI=1S/C15H30N2O/c1-13(12-14-6-5-9-17-14)16-10-11-18-15-7-3-2-4-8-15/h13-17H,2-12H2,1H3. The van der Waals surface area contributed by atoms with Crippen LogP contribution in [0.4, 0.5) is 0 Å². The van der Waals surface area contributed by atoms with E-state index in [4.69, 9.17) is 4.74 Å². The number of nitrogens with one attached hydrogen (secondary N) is 2. The summed E-state index contributed by atoms with van der Waals surface area (Å²) in [5, 5.41) is 7.14. The normalized spacial score (nSPS) is 27.5. The molecule has 0 amide bonds. The minimum absolute atomic E-state index is 0.548. The third-order valence-corrected chi connectivity index (χ3v) is 4.30. The van der Waals surface area contributed by atoms with Gasteiger partial charge in [-0.05, 0) is 45.6 Å². The van der Waals surface area contributed by atoms with Crippen molar-refractivity contribution < 1.29 is 4.74 Å². The summed E-state index contributed by atoms with van der Waals surface area (Å²) in [6.45, 7) is 5.39. The zero-order valence-electron chi connectivity index (χ0n) is 11.9. The van der Waals surface area contributed by atoms with Gasteiger partial charge in [0, 0.05) is 18.6 Å². The molecular weight excluding hydrogens is 224 g/mol. The van der Waals surface area contributed by atoms with Crippen molar-refractivity contribution in [2.45, 2.75) is 76.5 Å². The van der Waals surface area contributed by atoms with Crippen molar-refractivity contribution in [1.82, 2.24) is 10.6 Å². The van der Waals surface area contributed by atoms with Crippen molar-refractivity contribution in [1.29, 1.82) is 0 Å². The van der Waals surface area contributed by atoms with Crippen LogP contribution in [0.2, 0.25) is 0 Å². The summed E-state index contributed by atoms with van der Waals surface area (Å²) >= 11 is 0. The van der Waals surface area contributed by atoms with E-state index in [0.717, 1.165) is 19.2 Å². The van der Waals surface area contributed by atoms with Gasteiger partial charge in [-0.15, -0.1) is 0 Å². The monoisotopic (exact) mass is 254 g/mol. The van der Waals surface area contributed by atoms with E-state index in [1.54, 1.807) is 0 Å². The average Bonchev–Trinajstić information content (AvgIpc) is 2.89. The van der Waals surface area contributed by atoms with E-state index in [1.807, 2.05) is 0 Å². The fourth-order valence-electron chi connectivity index (χ4n) is 3.23. The highest BCUT2D eigenvalue weighted by atomic mass is 16.5. The van der Waals surface area contributed by atoms with E-state index < -0.39 is 0 Å². The van der Waals surface area contributed by atoms with E-state index >= 15 is 0 Å². The van der Waals surface area contributed by atoms with Gasteiger partial charge in [0.15, 0.2) is 0 Å². The molecule has 0 aromatic carbocycles. The van der Waals surface area contributed by atoms with Gasteiger partial charge in [0.1, 0.15) is 0 Å². The molecule has 1 aliphatic carbocycles. The van der Waals surface area contributed by atoms with Gasteiger partial charge < -0.3 is 15.4 Å². The molecule has 18 heavy (non-hydrogen) atoms. The molecule has 0 aromatic heterocycles. The zero-order valence-corrected chi connectivity index (χ0v) is 11.9. The summed E-state index contributed by atoms with van der Waals surface area (Å²) in [7, 11) is 0. The lowest BCUT2D eigenvalue weighted by molar-refractivity contribution is 0.0294. The van der Waals surface area contributed by atoms with Gasteiger partial charge >= 0.3 is 0 Å². The van der Waals surface area contributed by atoms with Gasteiger partial charge in [-0.2, -0.15) is 0 Å². The maximum Gasteiger partial charge on any atom is 0.0594 e. The Morgan fingerprint density at radius 2 is 2.00 bits per heavy atom. The summed E-state index contributed by atoms with van der Waals surface area (Å²) in [6, 6.07) is 1.35. The molecule has 0 bridgehead atoms. The van der Waals surface area contributed by atoms with Crippen LogP contribution in [0.15, 0.2) is 0 Å². The van der Waals surface area contributed by atoms with Crippen LogP contribution in [-0.4, -0.2) is 37.9 Å². The summed E-state index contributed by atoms with van der Waals surface area (Å²) in [4.78, 5) is 0. The fourth-order valence-corrected chi connectivity index (χ4v) is 3.23. The van der Waals surface area contributed by atoms with Crippen molar-refractivity contribution >= 4 is 0 Å². The molecular formula is C15H30N2O. The van der Waals surface area contributed by atoms with Gasteiger partial charge in [0.25, 0.3) is 0 Å². The Morgan fingerprint density at radius 3 is 2.72 bits per heavy atom. The highest BCUT2D eigenvalue weighted by Crippen LogP contribution is 2.19. The summed E-state index contributed by atoms with van der Waals surface area (Å²) in [5.41, 5.74) is 0. The van der Waals surface area contributed by atoms with Gasteiger partial charge in [0.2, 0.25) is 0 Å². The van der Waals surface area contributed by atoms with Crippen LogP contribution in [0.1, 0.15) is 58.3 Å². The molecule has 1 saturated heterocycles. The number of rotatable bonds is 7. The molecule has 0 spiro atoms. The smallest absolute Gasteiger partial charge is 0.0594 e. The first-order chi connectivity index (χ1) is 8.84. The molecule has 1 heterocycles. The molecule has 0 aromatic rings. The zero-order chi connectivity index (χ0) is 12.6. The SMILES string of the molecule is CC(CC1CCCN1)NCCOC1CCCCC1. The Bertz CT molecular complexity index is 211. The van der Waals surface area contributed by atoms with Gasteiger partial charge in [-0.25, -0.2) is 0 Å². The lowest BCUT2D eigenvalue weighted by Crippen LogP contribution is -2.36. The lowest BCUT2D eigenvalue weighted by atomic mass is 9.98. The molecule has 0 radical (unpaired) electrons. The minimum atomic E-state index is 0.548. The minimum Gasteiger partial charge on any atom is -0.377 e. The molecule has 2 unspecified atom stereocenters. The van der Waals surface area contributed by atoms with Gasteiger partial charge in [-0.3, -0.25) is 0 Å². The molecule has 3 nitrogen and oxygen atoms in total. The quantitative estimate of drug-likeness (QED) is 0.685. The van der Waals surface area contributed by atoms with Crippen molar-refractivity contribution in [3.05, 3.63) is 0 Å². The molecule has 1 saturated carbocycles. The van der Waals surface area contributed by atoms with Crippen LogP contribution < -0.4 is 10.6 Å². The van der Waals surface area contributed by atoms with Crippen LogP contribution in [0.25, 0.3) is 0 Å². The third-order valence-electron chi connectivity index (χ3n) is 4.30. The van der Waals surface area contributed by atoms with E-state index in [2.05, 4.69) is 17.6 Å². The maximum atomic E-state index is 5.93. The Hall–Kier alpha value is -0.120.